The third kappa shape index (κ3) is 7.05. The smallest absolute Gasteiger partial charge is 0.275 e. The summed E-state index contributed by atoms with van der Waals surface area (Å²) in [7, 11) is -4.28. The summed E-state index contributed by atoms with van der Waals surface area (Å²) in [5.41, 5.74) is 7.93. The number of amidine groups is 1. The first-order chi connectivity index (χ1) is 18.6. The number of nitrogen functional groups attached to an aromatic ring is 1. The van der Waals surface area contributed by atoms with E-state index in [1.165, 1.54) is 11.1 Å². The zero-order valence-corrected chi connectivity index (χ0v) is 22.0. The van der Waals surface area contributed by atoms with Crippen LogP contribution in [0.25, 0.3) is 0 Å². The molecule has 1 aromatic heterocycles. The van der Waals surface area contributed by atoms with Crippen LogP contribution in [-0.2, 0) is 26.3 Å². The molecule has 0 spiro atoms. The van der Waals surface area contributed by atoms with Crippen LogP contribution in [0.1, 0.15) is 41.1 Å². The van der Waals surface area contributed by atoms with Gasteiger partial charge in [0, 0.05) is 24.2 Å². The molecule has 0 radical (unpaired) electrons. The minimum absolute atomic E-state index is 0.106. The molecule has 2 aromatic carbocycles. The first-order valence-corrected chi connectivity index (χ1v) is 14.0. The van der Waals surface area contributed by atoms with Crippen LogP contribution in [0.15, 0.2) is 79.0 Å². The first kappa shape index (κ1) is 27.9. The summed E-state index contributed by atoms with van der Waals surface area (Å²) >= 11 is 0. The lowest BCUT2D eigenvalue weighted by atomic mass is 9.84. The van der Waals surface area contributed by atoms with Gasteiger partial charge in [-0.15, -0.1) is 0 Å². The fourth-order valence-corrected chi connectivity index (χ4v) is 5.39. The highest BCUT2D eigenvalue weighted by Crippen LogP contribution is 2.31. The highest BCUT2D eigenvalue weighted by Gasteiger charge is 2.42. The van der Waals surface area contributed by atoms with Crippen molar-refractivity contribution in [2.75, 3.05) is 6.54 Å². The molecule has 1 saturated heterocycles. The third-order valence-electron chi connectivity index (χ3n) is 6.63. The van der Waals surface area contributed by atoms with Gasteiger partial charge in [0.25, 0.3) is 10.2 Å². The van der Waals surface area contributed by atoms with Crippen molar-refractivity contribution in [3.8, 4) is 0 Å². The van der Waals surface area contributed by atoms with E-state index in [9.17, 15) is 18.0 Å². The van der Waals surface area contributed by atoms with Gasteiger partial charge in [-0.1, -0.05) is 60.7 Å². The molecule has 4 rings (SSSR count). The van der Waals surface area contributed by atoms with Crippen molar-refractivity contribution in [1.29, 1.82) is 5.41 Å². The summed E-state index contributed by atoms with van der Waals surface area (Å²) in [5.74, 6) is -1.70. The number of nitrogens with one attached hydrogen (secondary N) is 3. The number of carbonyl (C=O) groups is 2. The summed E-state index contributed by atoms with van der Waals surface area (Å²) in [6.07, 6.45) is 2.46. The van der Waals surface area contributed by atoms with Gasteiger partial charge in [0.1, 0.15) is 17.9 Å². The van der Waals surface area contributed by atoms with E-state index in [1.807, 2.05) is 60.7 Å². The Hall–Kier alpha value is -4.13. The lowest BCUT2D eigenvalue weighted by molar-refractivity contribution is -0.140. The van der Waals surface area contributed by atoms with Crippen molar-refractivity contribution in [3.05, 3.63) is 101 Å². The average molecular weight is 550 g/mol. The number of aromatic nitrogens is 1. The Labute approximate surface area is 227 Å². The topological polar surface area (TPSA) is 184 Å². The first-order valence-electron chi connectivity index (χ1n) is 12.4. The van der Waals surface area contributed by atoms with Gasteiger partial charge in [-0.2, -0.15) is 13.1 Å². The second-order valence-corrected chi connectivity index (χ2v) is 10.6. The van der Waals surface area contributed by atoms with Crippen LogP contribution in [0.3, 0.4) is 0 Å². The summed E-state index contributed by atoms with van der Waals surface area (Å²) in [6, 6.07) is 19.4. The Morgan fingerprint density at radius 1 is 1.03 bits per heavy atom. The molecule has 2 heterocycles. The maximum atomic E-state index is 14.0. The quantitative estimate of drug-likeness (QED) is 0.185. The Kier molecular flexibility index (Phi) is 8.69. The highest BCUT2D eigenvalue weighted by atomic mass is 32.2. The van der Waals surface area contributed by atoms with E-state index < -0.39 is 34.1 Å². The molecular weight excluding hydrogens is 518 g/mol. The molecule has 0 aliphatic carbocycles. The lowest BCUT2D eigenvalue weighted by Crippen LogP contribution is -2.56. The van der Waals surface area contributed by atoms with Gasteiger partial charge < -0.3 is 16.0 Å². The second kappa shape index (κ2) is 12.2. The molecule has 1 aliphatic rings. The van der Waals surface area contributed by atoms with Crippen molar-refractivity contribution in [2.24, 2.45) is 10.9 Å². The number of likely N-dealkylation sites (tertiary alicyclic amines) is 1. The van der Waals surface area contributed by atoms with Gasteiger partial charge in [-0.3, -0.25) is 20.0 Å². The van der Waals surface area contributed by atoms with Gasteiger partial charge in [-0.05, 0) is 36.1 Å². The van der Waals surface area contributed by atoms with Crippen LogP contribution in [0.2, 0.25) is 0 Å². The van der Waals surface area contributed by atoms with E-state index in [0.717, 1.165) is 11.1 Å². The van der Waals surface area contributed by atoms with Crippen molar-refractivity contribution in [2.45, 2.75) is 37.4 Å². The molecule has 0 bridgehead atoms. The van der Waals surface area contributed by atoms with Gasteiger partial charge in [-0.25, -0.2) is 5.14 Å². The van der Waals surface area contributed by atoms with Gasteiger partial charge >= 0.3 is 0 Å². The largest absolute Gasteiger partial charge is 0.384 e. The van der Waals surface area contributed by atoms with Crippen LogP contribution in [-0.4, -0.2) is 54.6 Å². The number of pyridine rings is 1. The van der Waals surface area contributed by atoms with E-state index in [4.69, 9.17) is 16.3 Å². The average Bonchev–Trinajstić information content (AvgIpc) is 3.42. The SMILES string of the molecule is N=C(N)c1ccc(CNC(=O)[C@@H]2CCCN2C(=O)[C@H](NS(N)(=O)=O)C(c2ccccc2)c2ccccc2)nc1. The summed E-state index contributed by atoms with van der Waals surface area (Å²) in [5, 5.41) is 15.7. The zero-order valence-electron chi connectivity index (χ0n) is 21.2. The van der Waals surface area contributed by atoms with Crippen molar-refractivity contribution < 1.29 is 18.0 Å². The highest BCUT2D eigenvalue weighted by molar-refractivity contribution is 7.87. The fourth-order valence-electron chi connectivity index (χ4n) is 4.80. The number of carbonyl (C=O) groups excluding carboxylic acids is 2. The molecule has 12 heteroatoms. The van der Waals surface area contributed by atoms with Crippen molar-refractivity contribution >= 4 is 27.9 Å². The minimum Gasteiger partial charge on any atom is -0.384 e. The van der Waals surface area contributed by atoms with Crippen LogP contribution in [0.5, 0.6) is 0 Å². The predicted octanol–water partition coefficient (Wildman–Crippen LogP) is 0.967. The number of hydrogen-bond acceptors (Lipinski definition) is 6. The molecular formula is C27H31N7O4S. The molecule has 1 fully saturated rings. The molecule has 7 N–H and O–H groups in total. The Bertz CT molecular complexity index is 1380. The maximum Gasteiger partial charge on any atom is 0.275 e. The van der Waals surface area contributed by atoms with Crippen LogP contribution in [0.4, 0.5) is 0 Å². The maximum absolute atomic E-state index is 14.0. The van der Waals surface area contributed by atoms with E-state index in [-0.39, 0.29) is 18.3 Å². The predicted molar refractivity (Wildman–Crippen MR) is 147 cm³/mol. The molecule has 204 valence electrons. The molecule has 11 nitrogen and oxygen atoms in total. The van der Waals surface area contributed by atoms with E-state index in [1.54, 1.807) is 12.1 Å². The lowest BCUT2D eigenvalue weighted by Gasteiger charge is -2.33. The Morgan fingerprint density at radius 3 is 2.15 bits per heavy atom. The van der Waals surface area contributed by atoms with Gasteiger partial charge in [0.15, 0.2) is 0 Å². The molecule has 3 aromatic rings. The number of benzene rings is 2. The zero-order chi connectivity index (χ0) is 28.0. The summed E-state index contributed by atoms with van der Waals surface area (Å²) in [6.45, 7) is 0.409. The number of nitrogens with zero attached hydrogens (tertiary/aromatic N) is 2. The van der Waals surface area contributed by atoms with Crippen LogP contribution < -0.4 is 20.9 Å². The van der Waals surface area contributed by atoms with Crippen molar-refractivity contribution in [1.82, 2.24) is 19.9 Å². The van der Waals surface area contributed by atoms with Crippen LogP contribution >= 0.6 is 0 Å². The summed E-state index contributed by atoms with van der Waals surface area (Å²) < 4.78 is 26.9. The number of nitrogens with two attached hydrogens (primary N) is 2. The second-order valence-electron chi connectivity index (χ2n) is 9.30. The molecule has 0 saturated carbocycles. The van der Waals surface area contributed by atoms with Crippen molar-refractivity contribution in [3.63, 3.8) is 0 Å². The molecule has 2 atom stereocenters. The van der Waals surface area contributed by atoms with E-state index >= 15 is 0 Å². The van der Waals surface area contributed by atoms with Crippen LogP contribution in [0, 0.1) is 5.41 Å². The molecule has 0 unspecified atom stereocenters. The normalized spacial score (nSPS) is 16.2. The Morgan fingerprint density at radius 2 is 1.64 bits per heavy atom. The number of amides is 2. The molecule has 1 aliphatic heterocycles. The fraction of sp³-hybridized carbons (Fsp3) is 0.259. The monoisotopic (exact) mass is 549 g/mol. The number of hydrogen-bond donors (Lipinski definition) is 5. The minimum atomic E-state index is -4.28. The summed E-state index contributed by atoms with van der Waals surface area (Å²) in [4.78, 5) is 32.8. The van der Waals surface area contributed by atoms with Gasteiger partial charge in [0.2, 0.25) is 11.8 Å². The molecule has 39 heavy (non-hydrogen) atoms. The van der Waals surface area contributed by atoms with E-state index in [2.05, 4.69) is 15.0 Å². The Balaban J connectivity index is 1.59. The third-order valence-corrected chi connectivity index (χ3v) is 7.21. The number of rotatable bonds is 10. The molecule has 2 amide bonds. The van der Waals surface area contributed by atoms with E-state index in [0.29, 0.717) is 30.6 Å². The standard InChI is InChI=1S/C27H31N7O4S/c28-25(29)20-13-14-21(31-16-20)17-32-26(35)22-12-7-15-34(22)27(36)24(33-39(30,37)38)23(18-8-3-1-4-9-18)19-10-5-2-6-11-19/h1-6,8-11,13-14,16,22-24,33H,7,12,15,17H2,(H3,28,29)(H,32,35)(H2,30,37,38)/t22-,24+/m0/s1. The van der Waals surface area contributed by atoms with Gasteiger partial charge in [0.05, 0.1) is 12.2 Å².